The SMILES string of the molecule is CCC[C@H]1CN(CC(=O)c2cc(C(C)(C)C)c(O)c(C(C)(C)C)c2)C(=NBr)[C@@H]1c1ccc(OCCNS(C)(=O)=O)cc1. The van der Waals surface area contributed by atoms with Crippen LogP contribution in [0.3, 0.4) is 0 Å². The number of Topliss-reactive ketones (excluding diaryl/α,β-unsaturated/α-hetero) is 1. The lowest BCUT2D eigenvalue weighted by Crippen LogP contribution is -2.32. The summed E-state index contributed by atoms with van der Waals surface area (Å²) in [6, 6.07) is 11.5. The molecule has 1 fully saturated rings. The number of carbonyl (C=O) groups excluding carboxylic acids is 1. The Labute approximate surface area is 260 Å². The van der Waals surface area contributed by atoms with E-state index in [9.17, 15) is 18.3 Å². The van der Waals surface area contributed by atoms with E-state index in [1.807, 2.05) is 77.9 Å². The number of likely N-dealkylation sites (tertiary alicyclic amines) is 1. The number of nitrogens with zero attached hydrogens (tertiary/aromatic N) is 2. The summed E-state index contributed by atoms with van der Waals surface area (Å²) in [7, 11) is -3.26. The van der Waals surface area contributed by atoms with Crippen LogP contribution in [-0.2, 0) is 20.9 Å². The molecule has 0 saturated carbocycles. The molecule has 0 spiro atoms. The highest BCUT2D eigenvalue weighted by Crippen LogP contribution is 2.41. The molecule has 232 valence electrons. The molecule has 3 rings (SSSR count). The fourth-order valence-corrected chi connectivity index (χ4v) is 6.46. The fourth-order valence-electron chi connectivity index (χ4n) is 5.56. The Morgan fingerprint density at radius 3 is 2.14 bits per heavy atom. The van der Waals surface area contributed by atoms with E-state index >= 15 is 0 Å². The second-order valence-electron chi connectivity index (χ2n) is 13.3. The van der Waals surface area contributed by atoms with Crippen LogP contribution in [0.2, 0.25) is 0 Å². The summed E-state index contributed by atoms with van der Waals surface area (Å²) >= 11 is 3.36. The van der Waals surface area contributed by atoms with Crippen molar-refractivity contribution in [1.82, 2.24) is 9.62 Å². The quantitative estimate of drug-likeness (QED) is 0.215. The number of sulfonamides is 1. The van der Waals surface area contributed by atoms with Crippen LogP contribution < -0.4 is 9.46 Å². The van der Waals surface area contributed by atoms with Gasteiger partial charge in [-0.15, -0.1) is 0 Å². The van der Waals surface area contributed by atoms with Gasteiger partial charge in [0, 0.05) is 35.7 Å². The number of nitrogens with one attached hydrogen (secondary N) is 1. The van der Waals surface area contributed by atoms with Gasteiger partial charge in [-0.1, -0.05) is 67.0 Å². The number of ketones is 1. The molecule has 0 bridgehead atoms. The summed E-state index contributed by atoms with van der Waals surface area (Å²) in [5, 5.41) is 11.1. The predicted octanol–water partition coefficient (Wildman–Crippen LogP) is 6.32. The van der Waals surface area contributed by atoms with Gasteiger partial charge in [0.1, 0.15) is 23.9 Å². The molecule has 0 aliphatic carbocycles. The lowest BCUT2D eigenvalue weighted by Gasteiger charge is -2.28. The number of amidine groups is 1. The number of rotatable bonds is 11. The minimum Gasteiger partial charge on any atom is -0.507 e. The van der Waals surface area contributed by atoms with Gasteiger partial charge in [-0.2, -0.15) is 4.02 Å². The average molecular weight is 665 g/mol. The third-order valence-electron chi connectivity index (χ3n) is 7.63. The second kappa shape index (κ2) is 13.5. The molecule has 10 heteroatoms. The summed E-state index contributed by atoms with van der Waals surface area (Å²) in [6.45, 7) is 15.7. The Balaban J connectivity index is 1.85. The summed E-state index contributed by atoms with van der Waals surface area (Å²) in [6.07, 6.45) is 3.11. The maximum atomic E-state index is 13.8. The first-order chi connectivity index (χ1) is 19.5. The van der Waals surface area contributed by atoms with Crippen molar-refractivity contribution in [2.24, 2.45) is 9.94 Å². The third-order valence-corrected chi connectivity index (χ3v) is 8.72. The van der Waals surface area contributed by atoms with E-state index in [-0.39, 0.29) is 53.9 Å². The van der Waals surface area contributed by atoms with Crippen molar-refractivity contribution < 1.29 is 23.1 Å². The van der Waals surface area contributed by atoms with Crippen molar-refractivity contribution in [3.05, 3.63) is 58.7 Å². The van der Waals surface area contributed by atoms with E-state index in [4.69, 9.17) is 4.74 Å². The van der Waals surface area contributed by atoms with Crippen LogP contribution in [0.4, 0.5) is 0 Å². The number of halogens is 1. The highest BCUT2D eigenvalue weighted by Gasteiger charge is 2.40. The molecule has 2 N–H and O–H groups in total. The van der Waals surface area contributed by atoms with Crippen molar-refractivity contribution in [3.63, 3.8) is 0 Å². The third kappa shape index (κ3) is 8.57. The van der Waals surface area contributed by atoms with Gasteiger partial charge in [0.25, 0.3) is 0 Å². The van der Waals surface area contributed by atoms with Gasteiger partial charge >= 0.3 is 0 Å². The number of phenolic OH excluding ortho intramolecular Hbond substituents is 1. The molecule has 42 heavy (non-hydrogen) atoms. The standard InChI is InChI=1S/C32H46BrN3O5S/c1-9-10-22-19-36(20-27(37)23-17-25(31(2,3)4)29(38)26(18-23)32(5,6)7)30(35-33)28(22)21-11-13-24(14-12-21)41-16-15-34-42(8,39)40/h11-14,17-18,22,28,34,38H,9-10,15-16,19-20H2,1-8H3/t22-,28+/m0/s1. The number of hydrogen-bond donors (Lipinski definition) is 2. The normalized spacial score (nSPS) is 19.0. The van der Waals surface area contributed by atoms with E-state index in [1.165, 1.54) is 0 Å². The smallest absolute Gasteiger partial charge is 0.208 e. The number of benzene rings is 2. The van der Waals surface area contributed by atoms with Crippen molar-refractivity contribution >= 4 is 37.8 Å². The fraction of sp³-hybridized carbons (Fsp3) is 0.562. The number of aromatic hydroxyl groups is 1. The van der Waals surface area contributed by atoms with Crippen LogP contribution in [0.15, 0.2) is 40.4 Å². The van der Waals surface area contributed by atoms with E-state index in [2.05, 4.69) is 36.7 Å². The lowest BCUT2D eigenvalue weighted by molar-refractivity contribution is 0.0963. The van der Waals surface area contributed by atoms with Crippen molar-refractivity contribution in [2.75, 3.05) is 32.5 Å². The predicted molar refractivity (Wildman–Crippen MR) is 174 cm³/mol. The molecule has 1 aliphatic rings. The van der Waals surface area contributed by atoms with Gasteiger partial charge in [-0.05, 0) is 53.0 Å². The van der Waals surface area contributed by atoms with Crippen molar-refractivity contribution in [1.29, 1.82) is 0 Å². The molecular formula is C32H46BrN3O5S. The van der Waals surface area contributed by atoms with Crippen molar-refractivity contribution in [2.45, 2.75) is 78.1 Å². The zero-order chi connectivity index (χ0) is 31.5. The molecule has 0 amide bonds. The summed E-state index contributed by atoms with van der Waals surface area (Å²) in [5.41, 5.74) is 2.56. The Kier molecular flexibility index (Phi) is 10.9. The van der Waals surface area contributed by atoms with E-state index in [0.29, 0.717) is 17.9 Å². The summed E-state index contributed by atoms with van der Waals surface area (Å²) in [5.74, 6) is 2.01. The Morgan fingerprint density at radius 2 is 1.67 bits per heavy atom. The summed E-state index contributed by atoms with van der Waals surface area (Å²) < 4.78 is 35.1. The largest absolute Gasteiger partial charge is 0.507 e. The molecule has 2 atom stereocenters. The first kappa shape index (κ1) is 34.1. The van der Waals surface area contributed by atoms with Gasteiger partial charge in [0.15, 0.2) is 5.78 Å². The zero-order valence-corrected chi connectivity index (χ0v) is 28.5. The van der Waals surface area contributed by atoms with Gasteiger partial charge in [-0.3, -0.25) is 4.79 Å². The van der Waals surface area contributed by atoms with Gasteiger partial charge in [0.2, 0.25) is 10.0 Å². The molecule has 1 saturated heterocycles. The number of phenols is 1. The second-order valence-corrected chi connectivity index (χ2v) is 15.5. The van der Waals surface area contributed by atoms with Gasteiger partial charge in [-0.25, -0.2) is 13.1 Å². The number of ether oxygens (including phenoxy) is 1. The Bertz CT molecular complexity index is 1360. The van der Waals surface area contributed by atoms with E-state index in [0.717, 1.165) is 41.6 Å². The van der Waals surface area contributed by atoms with Gasteiger partial charge < -0.3 is 14.7 Å². The first-order valence-electron chi connectivity index (χ1n) is 14.5. The minimum absolute atomic E-state index is 0.00756. The molecule has 1 aliphatic heterocycles. The minimum atomic E-state index is -3.26. The zero-order valence-electron chi connectivity index (χ0n) is 26.1. The van der Waals surface area contributed by atoms with E-state index in [1.54, 1.807) is 0 Å². The summed E-state index contributed by atoms with van der Waals surface area (Å²) in [4.78, 5) is 15.9. The average Bonchev–Trinajstić information content (AvgIpc) is 3.21. The van der Waals surface area contributed by atoms with Crippen LogP contribution in [0.25, 0.3) is 0 Å². The molecule has 2 aromatic carbocycles. The molecule has 0 radical (unpaired) electrons. The highest BCUT2D eigenvalue weighted by molar-refractivity contribution is 9.08. The number of hydrogen-bond acceptors (Lipinski definition) is 6. The monoisotopic (exact) mass is 663 g/mol. The topological polar surface area (TPSA) is 108 Å². The molecule has 8 nitrogen and oxygen atoms in total. The Morgan fingerprint density at radius 1 is 1.10 bits per heavy atom. The molecule has 1 heterocycles. The lowest BCUT2D eigenvalue weighted by atomic mass is 9.78. The molecule has 2 aromatic rings. The first-order valence-corrected chi connectivity index (χ1v) is 17.1. The van der Waals surface area contributed by atoms with Crippen LogP contribution in [0, 0.1) is 5.92 Å². The van der Waals surface area contributed by atoms with E-state index < -0.39 is 10.0 Å². The van der Waals surface area contributed by atoms with Crippen LogP contribution in [-0.4, -0.2) is 62.5 Å². The van der Waals surface area contributed by atoms with Crippen LogP contribution in [0.5, 0.6) is 11.5 Å². The molecular weight excluding hydrogens is 618 g/mol. The van der Waals surface area contributed by atoms with Crippen molar-refractivity contribution in [3.8, 4) is 11.5 Å². The van der Waals surface area contributed by atoms with Gasteiger partial charge in [0.05, 0.1) is 28.9 Å². The highest BCUT2D eigenvalue weighted by atomic mass is 79.9. The maximum Gasteiger partial charge on any atom is 0.208 e. The molecule has 0 aromatic heterocycles. The van der Waals surface area contributed by atoms with Crippen LogP contribution in [0.1, 0.15) is 94.3 Å². The maximum absolute atomic E-state index is 13.8. The number of carbonyl (C=O) groups is 1. The van der Waals surface area contributed by atoms with Crippen LogP contribution >= 0.6 is 16.1 Å². The molecule has 0 unspecified atom stereocenters. The Hall–Kier alpha value is -2.43.